The second kappa shape index (κ2) is 7.70. The number of pyridine rings is 1. The van der Waals surface area contributed by atoms with E-state index in [4.69, 9.17) is 0 Å². The van der Waals surface area contributed by atoms with E-state index in [0.29, 0.717) is 12.0 Å². The molecule has 0 aliphatic heterocycles. The Hall–Kier alpha value is -1.72. The van der Waals surface area contributed by atoms with E-state index < -0.39 is 0 Å². The maximum absolute atomic E-state index is 9.67. The highest BCUT2D eigenvalue weighted by molar-refractivity contribution is 5.15. The van der Waals surface area contributed by atoms with Crippen LogP contribution in [0.15, 0.2) is 36.8 Å². The Morgan fingerprint density at radius 1 is 1.35 bits per heavy atom. The Bertz CT molecular complexity index is 598. The van der Waals surface area contributed by atoms with Gasteiger partial charge < -0.3 is 10.4 Å². The molecule has 124 valence electrons. The number of hydrogen-bond donors (Lipinski definition) is 2. The summed E-state index contributed by atoms with van der Waals surface area (Å²) >= 11 is 0. The Kier molecular flexibility index (Phi) is 5.41. The number of aliphatic hydroxyl groups is 1. The monoisotopic (exact) mass is 314 g/mol. The molecule has 3 unspecified atom stereocenters. The van der Waals surface area contributed by atoms with Crippen LogP contribution in [0, 0.1) is 0 Å². The molecule has 1 saturated carbocycles. The molecular formula is C18H26N4O. The van der Waals surface area contributed by atoms with Crippen molar-refractivity contribution in [3.63, 3.8) is 0 Å². The lowest BCUT2D eigenvalue weighted by Gasteiger charge is -2.31. The Balaban J connectivity index is 1.56. The van der Waals surface area contributed by atoms with Gasteiger partial charge in [0.2, 0.25) is 0 Å². The highest BCUT2D eigenvalue weighted by Gasteiger charge is 2.25. The summed E-state index contributed by atoms with van der Waals surface area (Å²) in [6, 6.07) is 6.61. The molecule has 1 aliphatic carbocycles. The zero-order valence-electron chi connectivity index (χ0n) is 13.7. The number of aryl methyl sites for hydroxylation is 1. The van der Waals surface area contributed by atoms with Crippen LogP contribution in [0.3, 0.4) is 0 Å². The van der Waals surface area contributed by atoms with Crippen LogP contribution in [0.1, 0.15) is 48.8 Å². The summed E-state index contributed by atoms with van der Waals surface area (Å²) in [5.41, 5.74) is 2.43. The van der Waals surface area contributed by atoms with Crippen molar-refractivity contribution in [1.29, 1.82) is 0 Å². The van der Waals surface area contributed by atoms with Gasteiger partial charge in [0.15, 0.2) is 0 Å². The van der Waals surface area contributed by atoms with Gasteiger partial charge in [0.05, 0.1) is 6.61 Å². The molecule has 0 amide bonds. The molecule has 3 atom stereocenters. The van der Waals surface area contributed by atoms with E-state index in [-0.39, 0.29) is 12.5 Å². The molecule has 2 N–H and O–H groups in total. The van der Waals surface area contributed by atoms with E-state index in [2.05, 4.69) is 21.5 Å². The Morgan fingerprint density at radius 2 is 2.26 bits per heavy atom. The van der Waals surface area contributed by atoms with Crippen molar-refractivity contribution in [2.24, 2.45) is 7.05 Å². The molecule has 2 heterocycles. The predicted molar refractivity (Wildman–Crippen MR) is 90.3 cm³/mol. The van der Waals surface area contributed by atoms with E-state index in [1.54, 1.807) is 6.20 Å². The summed E-state index contributed by atoms with van der Waals surface area (Å²) < 4.78 is 2.00. The predicted octanol–water partition coefficient (Wildman–Crippen LogP) is 2.21. The van der Waals surface area contributed by atoms with Crippen molar-refractivity contribution in [3.8, 4) is 0 Å². The number of aromatic nitrogens is 3. The molecule has 1 fully saturated rings. The zero-order valence-corrected chi connectivity index (χ0v) is 13.7. The van der Waals surface area contributed by atoms with E-state index in [9.17, 15) is 5.11 Å². The van der Waals surface area contributed by atoms with Crippen LogP contribution in [-0.2, 0) is 7.05 Å². The summed E-state index contributed by atoms with van der Waals surface area (Å²) in [5, 5.41) is 17.6. The summed E-state index contributed by atoms with van der Waals surface area (Å²) in [4.78, 5) is 4.16. The molecule has 2 aromatic heterocycles. The molecule has 0 spiro atoms. The highest BCUT2D eigenvalue weighted by atomic mass is 16.3. The minimum absolute atomic E-state index is 0.112. The highest BCUT2D eigenvalue weighted by Crippen LogP contribution is 2.32. The van der Waals surface area contributed by atoms with E-state index in [1.165, 1.54) is 25.0 Å². The van der Waals surface area contributed by atoms with Crippen LogP contribution in [-0.4, -0.2) is 39.1 Å². The lowest BCUT2D eigenvalue weighted by atomic mass is 9.83. The van der Waals surface area contributed by atoms with Crippen molar-refractivity contribution in [2.45, 2.75) is 43.6 Å². The van der Waals surface area contributed by atoms with Gasteiger partial charge in [-0.1, -0.05) is 12.5 Å². The molecule has 1 aliphatic rings. The lowest BCUT2D eigenvalue weighted by molar-refractivity contribution is 0.249. The van der Waals surface area contributed by atoms with Crippen LogP contribution in [0.2, 0.25) is 0 Å². The van der Waals surface area contributed by atoms with Gasteiger partial charge in [0, 0.05) is 55.8 Å². The van der Waals surface area contributed by atoms with Crippen molar-refractivity contribution in [3.05, 3.63) is 48.0 Å². The fourth-order valence-electron chi connectivity index (χ4n) is 3.64. The number of rotatable bonds is 6. The largest absolute Gasteiger partial charge is 0.396 e. The van der Waals surface area contributed by atoms with Crippen LogP contribution in [0.5, 0.6) is 0 Å². The van der Waals surface area contributed by atoms with E-state index >= 15 is 0 Å². The summed E-state index contributed by atoms with van der Waals surface area (Å²) in [6.07, 6.45) is 10.3. The molecule has 23 heavy (non-hydrogen) atoms. The van der Waals surface area contributed by atoms with Gasteiger partial charge in [-0.2, -0.15) is 5.10 Å². The molecule has 5 nitrogen and oxygen atoms in total. The first-order valence-electron chi connectivity index (χ1n) is 8.50. The second-order valence-electron chi connectivity index (χ2n) is 6.51. The van der Waals surface area contributed by atoms with Crippen molar-refractivity contribution < 1.29 is 5.11 Å². The van der Waals surface area contributed by atoms with Gasteiger partial charge >= 0.3 is 0 Å². The van der Waals surface area contributed by atoms with Crippen molar-refractivity contribution in [2.75, 3.05) is 13.2 Å². The lowest BCUT2D eigenvalue weighted by Crippen LogP contribution is -2.37. The van der Waals surface area contributed by atoms with Gasteiger partial charge in [0.25, 0.3) is 0 Å². The smallest absolute Gasteiger partial charge is 0.0512 e. The zero-order chi connectivity index (χ0) is 16.1. The topological polar surface area (TPSA) is 63.0 Å². The number of nitrogens with one attached hydrogen (secondary N) is 1. The minimum Gasteiger partial charge on any atom is -0.396 e. The molecule has 3 rings (SSSR count). The quantitative estimate of drug-likeness (QED) is 0.858. The van der Waals surface area contributed by atoms with E-state index in [0.717, 1.165) is 18.5 Å². The molecule has 5 heteroatoms. The first-order valence-corrected chi connectivity index (χ1v) is 8.50. The SMILES string of the molecule is Cn1nccc1C1CCCC(NCC(CO)c2cccnc2)C1. The second-order valence-corrected chi connectivity index (χ2v) is 6.51. The van der Waals surface area contributed by atoms with Crippen LogP contribution >= 0.6 is 0 Å². The van der Waals surface area contributed by atoms with Crippen LogP contribution in [0.25, 0.3) is 0 Å². The first-order chi connectivity index (χ1) is 11.3. The van der Waals surface area contributed by atoms with Gasteiger partial charge in [-0.3, -0.25) is 9.67 Å². The summed E-state index contributed by atoms with van der Waals surface area (Å²) in [7, 11) is 2.02. The summed E-state index contributed by atoms with van der Waals surface area (Å²) in [6.45, 7) is 0.946. The average molecular weight is 314 g/mol. The average Bonchev–Trinajstić information content (AvgIpc) is 3.03. The molecule has 2 aromatic rings. The Labute approximate surface area is 137 Å². The molecule has 0 saturated heterocycles. The third-order valence-corrected chi connectivity index (χ3v) is 4.98. The standard InChI is InChI=1S/C18H26N4O/c1-22-18(7-9-21-22)14-4-2-6-17(10-14)20-12-16(13-23)15-5-3-8-19-11-15/h3,5,7-9,11,14,16-17,20,23H,2,4,6,10,12-13H2,1H3. The number of aliphatic hydroxyl groups excluding tert-OH is 1. The minimum atomic E-state index is 0.112. The molecule has 0 bridgehead atoms. The maximum Gasteiger partial charge on any atom is 0.0512 e. The molecule has 0 radical (unpaired) electrons. The molecular weight excluding hydrogens is 288 g/mol. The fourth-order valence-corrected chi connectivity index (χ4v) is 3.64. The van der Waals surface area contributed by atoms with Gasteiger partial charge in [-0.15, -0.1) is 0 Å². The van der Waals surface area contributed by atoms with Gasteiger partial charge in [0.1, 0.15) is 0 Å². The normalized spacial score (nSPS) is 22.9. The van der Waals surface area contributed by atoms with Crippen LogP contribution in [0.4, 0.5) is 0 Å². The first kappa shape index (κ1) is 16.1. The third-order valence-electron chi connectivity index (χ3n) is 4.98. The molecule has 0 aromatic carbocycles. The van der Waals surface area contributed by atoms with Gasteiger partial charge in [-0.25, -0.2) is 0 Å². The van der Waals surface area contributed by atoms with Crippen molar-refractivity contribution in [1.82, 2.24) is 20.1 Å². The van der Waals surface area contributed by atoms with Crippen LogP contribution < -0.4 is 5.32 Å². The van der Waals surface area contributed by atoms with Gasteiger partial charge in [-0.05, 0) is 37.0 Å². The summed E-state index contributed by atoms with van der Waals surface area (Å²) in [5.74, 6) is 0.695. The maximum atomic E-state index is 9.67. The third kappa shape index (κ3) is 3.98. The number of hydrogen-bond acceptors (Lipinski definition) is 4. The number of nitrogens with zero attached hydrogens (tertiary/aromatic N) is 3. The van der Waals surface area contributed by atoms with Crippen molar-refractivity contribution >= 4 is 0 Å². The van der Waals surface area contributed by atoms with E-state index in [1.807, 2.05) is 36.3 Å². The fraction of sp³-hybridized carbons (Fsp3) is 0.556. The Morgan fingerprint density at radius 3 is 2.96 bits per heavy atom.